The molecule has 0 saturated carbocycles. The summed E-state index contributed by atoms with van der Waals surface area (Å²) in [5.41, 5.74) is 1.07. The lowest BCUT2D eigenvalue weighted by Crippen LogP contribution is -2.04. The van der Waals surface area contributed by atoms with Gasteiger partial charge in [-0.05, 0) is 72.9 Å². The molecule has 0 atom stereocenters. The molecule has 6 heteroatoms. The van der Waals surface area contributed by atoms with Crippen LogP contribution in [0.1, 0.15) is 33.6 Å². The van der Waals surface area contributed by atoms with Gasteiger partial charge in [-0.15, -0.1) is 0 Å². The molecule has 0 N–H and O–H groups in total. The van der Waals surface area contributed by atoms with Crippen LogP contribution in [0.15, 0.2) is 48.5 Å². The zero-order valence-electron chi connectivity index (χ0n) is 14.3. The number of hydrogen-bond donors (Lipinski definition) is 0. The van der Waals surface area contributed by atoms with Crippen LogP contribution in [0, 0.1) is 11.6 Å². The van der Waals surface area contributed by atoms with E-state index >= 15 is 0 Å². The third-order valence-corrected chi connectivity index (χ3v) is 5.71. The van der Waals surface area contributed by atoms with Crippen LogP contribution >= 0.6 is 23.5 Å². The Morgan fingerprint density at radius 2 is 1.00 bits per heavy atom. The zero-order chi connectivity index (χ0) is 18.8. The van der Waals surface area contributed by atoms with Crippen molar-refractivity contribution in [3.05, 3.63) is 71.3 Å². The molecular formula is C20H20F2O2S2. The van der Waals surface area contributed by atoms with E-state index in [0.29, 0.717) is 22.6 Å². The topological polar surface area (TPSA) is 34.1 Å². The summed E-state index contributed by atoms with van der Waals surface area (Å²) >= 11 is 3.14. The largest absolute Gasteiger partial charge is 0.293 e. The van der Waals surface area contributed by atoms with Gasteiger partial charge in [-0.2, -0.15) is 23.5 Å². The van der Waals surface area contributed by atoms with E-state index in [1.807, 2.05) is 0 Å². The molecule has 2 aromatic rings. The standard InChI is InChI=1S/C20H20F2O2S2/c21-17-7-3-15(4-8-17)19(23)13-25-11-1-2-12-26-14-20(24)16-5-9-18(22)10-6-16/h3-10H,1-2,11-14H2. The smallest absolute Gasteiger partial charge is 0.172 e. The second kappa shape index (κ2) is 11.1. The molecule has 0 amide bonds. The minimum atomic E-state index is -0.343. The molecule has 0 aliphatic carbocycles. The number of ketones is 2. The van der Waals surface area contributed by atoms with Crippen LogP contribution in [-0.2, 0) is 0 Å². The fourth-order valence-corrected chi connectivity index (χ4v) is 3.99. The molecule has 2 aromatic carbocycles. The maximum atomic E-state index is 12.8. The summed E-state index contributed by atoms with van der Waals surface area (Å²) < 4.78 is 25.6. The number of benzene rings is 2. The Labute approximate surface area is 160 Å². The summed E-state index contributed by atoms with van der Waals surface area (Å²) in [6, 6.07) is 11.2. The molecule has 0 unspecified atom stereocenters. The summed E-state index contributed by atoms with van der Waals surface area (Å²) in [5.74, 6) is 1.86. The molecule has 26 heavy (non-hydrogen) atoms. The molecule has 0 aliphatic rings. The molecule has 0 aromatic heterocycles. The van der Waals surface area contributed by atoms with Crippen LogP contribution in [0.4, 0.5) is 8.78 Å². The predicted molar refractivity (Wildman–Crippen MR) is 105 cm³/mol. The SMILES string of the molecule is O=C(CSCCCCSCC(=O)c1ccc(F)cc1)c1ccc(F)cc1. The van der Waals surface area contributed by atoms with E-state index in [2.05, 4.69) is 0 Å². The van der Waals surface area contributed by atoms with Crippen molar-refractivity contribution in [1.82, 2.24) is 0 Å². The van der Waals surface area contributed by atoms with Crippen LogP contribution in [0.2, 0.25) is 0 Å². The first-order valence-corrected chi connectivity index (χ1v) is 10.6. The van der Waals surface area contributed by atoms with Crippen molar-refractivity contribution in [2.75, 3.05) is 23.0 Å². The zero-order valence-corrected chi connectivity index (χ0v) is 15.9. The number of Topliss-reactive ketones (excluding diaryl/α,β-unsaturated/α-hetero) is 2. The monoisotopic (exact) mass is 394 g/mol. The van der Waals surface area contributed by atoms with Crippen molar-refractivity contribution in [1.29, 1.82) is 0 Å². The Balaban J connectivity index is 1.51. The molecule has 0 fully saturated rings. The quantitative estimate of drug-likeness (QED) is 0.384. The fraction of sp³-hybridized carbons (Fsp3) is 0.300. The number of hydrogen-bond acceptors (Lipinski definition) is 4. The van der Waals surface area contributed by atoms with Gasteiger partial charge in [0.1, 0.15) is 11.6 Å². The number of carbonyl (C=O) groups excluding carboxylic acids is 2. The third kappa shape index (κ3) is 7.30. The molecule has 0 radical (unpaired) electrons. The van der Waals surface area contributed by atoms with Gasteiger partial charge in [0.2, 0.25) is 0 Å². The molecule has 0 heterocycles. The minimum absolute atomic E-state index is 0.00858. The number of carbonyl (C=O) groups is 2. The van der Waals surface area contributed by atoms with Crippen LogP contribution in [-0.4, -0.2) is 34.6 Å². The van der Waals surface area contributed by atoms with Crippen molar-refractivity contribution in [3.63, 3.8) is 0 Å². The second-order valence-corrected chi connectivity index (χ2v) is 7.88. The highest BCUT2D eigenvalue weighted by Crippen LogP contribution is 2.13. The van der Waals surface area contributed by atoms with E-state index in [1.165, 1.54) is 48.5 Å². The number of rotatable bonds is 11. The maximum absolute atomic E-state index is 12.8. The molecular weight excluding hydrogens is 374 g/mol. The first-order valence-electron chi connectivity index (χ1n) is 8.29. The van der Waals surface area contributed by atoms with Gasteiger partial charge in [-0.3, -0.25) is 9.59 Å². The lowest BCUT2D eigenvalue weighted by atomic mass is 10.1. The molecule has 0 bridgehead atoms. The average Bonchev–Trinajstić information content (AvgIpc) is 2.64. The number of halogens is 2. The van der Waals surface area contributed by atoms with Gasteiger partial charge in [-0.1, -0.05) is 0 Å². The molecule has 0 aliphatic heterocycles. The van der Waals surface area contributed by atoms with Gasteiger partial charge in [0.15, 0.2) is 11.6 Å². The third-order valence-electron chi connectivity index (χ3n) is 3.63. The Morgan fingerprint density at radius 3 is 1.35 bits per heavy atom. The lowest BCUT2D eigenvalue weighted by molar-refractivity contribution is 0.101. The van der Waals surface area contributed by atoms with E-state index in [4.69, 9.17) is 0 Å². The van der Waals surface area contributed by atoms with E-state index in [9.17, 15) is 18.4 Å². The first kappa shape index (κ1) is 20.6. The minimum Gasteiger partial charge on any atom is -0.293 e. The Hall–Kier alpha value is -1.66. The predicted octanol–water partition coefficient (Wildman–Crippen LogP) is 5.28. The maximum Gasteiger partial charge on any atom is 0.172 e. The molecule has 138 valence electrons. The highest BCUT2D eigenvalue weighted by Gasteiger charge is 2.07. The Kier molecular flexibility index (Phi) is 8.85. The van der Waals surface area contributed by atoms with Gasteiger partial charge in [0.05, 0.1) is 11.5 Å². The van der Waals surface area contributed by atoms with Crippen LogP contribution in [0.3, 0.4) is 0 Å². The first-order chi connectivity index (χ1) is 12.6. The number of unbranched alkanes of at least 4 members (excludes halogenated alkanes) is 1. The molecule has 2 rings (SSSR count). The van der Waals surface area contributed by atoms with Crippen molar-refractivity contribution in [3.8, 4) is 0 Å². The summed E-state index contributed by atoms with van der Waals surface area (Å²) in [6.07, 6.45) is 1.94. The second-order valence-electron chi connectivity index (χ2n) is 5.67. The highest BCUT2D eigenvalue weighted by molar-refractivity contribution is 8.00. The van der Waals surface area contributed by atoms with E-state index in [0.717, 1.165) is 24.3 Å². The lowest BCUT2D eigenvalue weighted by Gasteiger charge is -2.03. The van der Waals surface area contributed by atoms with Crippen LogP contribution in [0.5, 0.6) is 0 Å². The summed E-state index contributed by atoms with van der Waals surface area (Å²) in [7, 11) is 0. The highest BCUT2D eigenvalue weighted by atomic mass is 32.2. The average molecular weight is 395 g/mol. The molecule has 0 spiro atoms. The van der Waals surface area contributed by atoms with E-state index in [-0.39, 0.29) is 23.2 Å². The van der Waals surface area contributed by atoms with Crippen molar-refractivity contribution in [2.24, 2.45) is 0 Å². The van der Waals surface area contributed by atoms with Gasteiger partial charge in [0, 0.05) is 11.1 Å². The van der Waals surface area contributed by atoms with Gasteiger partial charge >= 0.3 is 0 Å². The summed E-state index contributed by atoms with van der Waals surface area (Å²) in [4.78, 5) is 23.8. The van der Waals surface area contributed by atoms with Crippen LogP contribution in [0.25, 0.3) is 0 Å². The van der Waals surface area contributed by atoms with Crippen molar-refractivity contribution in [2.45, 2.75) is 12.8 Å². The van der Waals surface area contributed by atoms with Crippen molar-refractivity contribution >= 4 is 35.1 Å². The van der Waals surface area contributed by atoms with E-state index in [1.54, 1.807) is 23.5 Å². The van der Waals surface area contributed by atoms with Gasteiger partial charge in [-0.25, -0.2) is 8.78 Å². The molecule has 2 nitrogen and oxygen atoms in total. The van der Waals surface area contributed by atoms with E-state index < -0.39 is 0 Å². The van der Waals surface area contributed by atoms with Crippen LogP contribution < -0.4 is 0 Å². The van der Waals surface area contributed by atoms with Crippen molar-refractivity contribution < 1.29 is 18.4 Å². The van der Waals surface area contributed by atoms with Gasteiger partial charge in [0.25, 0.3) is 0 Å². The number of thioether (sulfide) groups is 2. The molecule has 0 saturated heterocycles. The fourth-order valence-electron chi connectivity index (χ4n) is 2.18. The summed E-state index contributed by atoms with van der Waals surface area (Å²) in [6.45, 7) is 0. The van der Waals surface area contributed by atoms with Gasteiger partial charge < -0.3 is 0 Å². The Morgan fingerprint density at radius 1 is 0.654 bits per heavy atom. The normalized spacial score (nSPS) is 10.7. The summed E-state index contributed by atoms with van der Waals surface area (Å²) in [5, 5.41) is 0. The Bertz CT molecular complexity index is 652.